The third-order valence-corrected chi connectivity index (χ3v) is 7.31. The van der Waals surface area contributed by atoms with Gasteiger partial charge in [0.05, 0.1) is 10.7 Å². The van der Waals surface area contributed by atoms with Gasteiger partial charge in [-0.1, -0.05) is 75.0 Å². The molecule has 1 saturated carbocycles. The minimum Gasteiger partial charge on any atom is -0.323 e. The lowest BCUT2D eigenvalue weighted by Gasteiger charge is -2.25. The first-order chi connectivity index (χ1) is 16.8. The standard InChI is InChI=1S/C25H29Cl3N4S.C2H6/c1-4-6-23-22(15-33-25(31-29)18-7-5-8-18)30-24(21(17(3)27)14-9-16(2)26)32(23)20-12-10-19(28)11-13-20;1-2/h9-14,18H,3-8,15,29H2,1-2H3;1-2H3/b16-9+,21-14+,31-25-;. The molecule has 0 bridgehead atoms. The molecule has 1 aromatic carbocycles. The Hall–Kier alpha value is -1.66. The van der Waals surface area contributed by atoms with Crippen molar-refractivity contribution in [3.8, 4) is 5.69 Å². The molecule has 2 N–H and O–H groups in total. The topological polar surface area (TPSA) is 56.2 Å². The van der Waals surface area contributed by atoms with E-state index in [1.807, 2.05) is 51.1 Å². The first-order valence-electron chi connectivity index (χ1n) is 12.0. The van der Waals surface area contributed by atoms with Crippen molar-refractivity contribution in [3.63, 3.8) is 0 Å². The van der Waals surface area contributed by atoms with E-state index < -0.39 is 0 Å². The highest BCUT2D eigenvalue weighted by Gasteiger charge is 2.26. The molecule has 2 aromatic rings. The third kappa shape index (κ3) is 7.91. The lowest BCUT2D eigenvalue weighted by atomic mass is 9.86. The fourth-order valence-electron chi connectivity index (χ4n) is 3.70. The molecule has 3 rings (SSSR count). The fourth-order valence-corrected chi connectivity index (χ4v) is 5.10. The molecule has 1 heterocycles. The van der Waals surface area contributed by atoms with Crippen LogP contribution >= 0.6 is 46.6 Å². The van der Waals surface area contributed by atoms with Crippen molar-refractivity contribution in [2.45, 2.75) is 65.6 Å². The molecule has 35 heavy (non-hydrogen) atoms. The zero-order valence-corrected chi connectivity index (χ0v) is 24.0. The van der Waals surface area contributed by atoms with Crippen LogP contribution in [-0.2, 0) is 12.2 Å². The molecule has 0 amide bonds. The highest BCUT2D eigenvalue weighted by Crippen LogP contribution is 2.35. The number of thioether (sulfide) groups is 1. The Bertz CT molecular complexity index is 1080. The van der Waals surface area contributed by atoms with Crippen LogP contribution in [0.3, 0.4) is 0 Å². The first kappa shape index (κ1) is 29.6. The molecule has 0 radical (unpaired) electrons. The average Bonchev–Trinajstić information content (AvgIpc) is 3.15. The predicted octanol–water partition coefficient (Wildman–Crippen LogP) is 9.09. The number of imidazole rings is 1. The Labute approximate surface area is 229 Å². The first-order valence-corrected chi connectivity index (χ1v) is 14.1. The minimum absolute atomic E-state index is 0.394. The summed E-state index contributed by atoms with van der Waals surface area (Å²) in [5.74, 6) is 7.59. The maximum atomic E-state index is 6.45. The quantitative estimate of drug-likeness (QED) is 0.111. The second-order valence-electron chi connectivity index (χ2n) is 8.01. The number of benzene rings is 1. The molecule has 0 unspecified atom stereocenters. The smallest absolute Gasteiger partial charge is 0.146 e. The Morgan fingerprint density at radius 2 is 1.89 bits per heavy atom. The third-order valence-electron chi connectivity index (χ3n) is 5.58. The van der Waals surface area contributed by atoms with Crippen LogP contribution in [-0.4, -0.2) is 14.6 Å². The van der Waals surface area contributed by atoms with Crippen molar-refractivity contribution in [2.24, 2.45) is 16.9 Å². The van der Waals surface area contributed by atoms with E-state index in [9.17, 15) is 0 Å². The summed E-state index contributed by atoms with van der Waals surface area (Å²) < 4.78 is 2.15. The number of hydrogen-bond acceptors (Lipinski definition) is 4. The number of rotatable bonds is 9. The number of hydrazone groups is 1. The highest BCUT2D eigenvalue weighted by molar-refractivity contribution is 8.13. The number of nitrogens with two attached hydrogens (primary N) is 1. The molecule has 0 saturated heterocycles. The van der Waals surface area contributed by atoms with Crippen LogP contribution in [0.4, 0.5) is 0 Å². The van der Waals surface area contributed by atoms with E-state index in [4.69, 9.17) is 45.6 Å². The van der Waals surface area contributed by atoms with Gasteiger partial charge in [-0.15, -0.1) is 11.8 Å². The molecule has 1 aromatic heterocycles. The Kier molecular flexibility index (Phi) is 12.5. The molecule has 0 spiro atoms. The zero-order chi connectivity index (χ0) is 26.0. The van der Waals surface area contributed by atoms with E-state index in [1.165, 1.54) is 6.42 Å². The van der Waals surface area contributed by atoms with Gasteiger partial charge in [0.25, 0.3) is 0 Å². The molecular formula is C27H35Cl3N4S. The predicted molar refractivity (Wildman–Crippen MR) is 157 cm³/mol. The second kappa shape index (κ2) is 14.8. The number of halogens is 3. The van der Waals surface area contributed by atoms with Crippen LogP contribution in [0.1, 0.15) is 70.6 Å². The molecule has 1 aliphatic rings. The van der Waals surface area contributed by atoms with Gasteiger partial charge >= 0.3 is 0 Å². The monoisotopic (exact) mass is 552 g/mol. The van der Waals surface area contributed by atoms with Crippen LogP contribution < -0.4 is 5.84 Å². The molecule has 1 aliphatic carbocycles. The summed E-state index contributed by atoms with van der Waals surface area (Å²) in [5.41, 5.74) is 3.79. The normalized spacial score (nSPS) is 14.9. The molecule has 0 aliphatic heterocycles. The van der Waals surface area contributed by atoms with E-state index in [0.717, 1.165) is 53.6 Å². The Morgan fingerprint density at radius 1 is 1.23 bits per heavy atom. The lowest BCUT2D eigenvalue weighted by Crippen LogP contribution is -2.21. The molecule has 8 heteroatoms. The molecule has 190 valence electrons. The summed E-state index contributed by atoms with van der Waals surface area (Å²) in [4.78, 5) is 5.06. The van der Waals surface area contributed by atoms with Gasteiger partial charge in [-0.25, -0.2) is 4.98 Å². The second-order valence-corrected chi connectivity index (χ2v) is 10.5. The molecule has 1 fully saturated rings. The van der Waals surface area contributed by atoms with Crippen molar-refractivity contribution in [1.82, 2.24) is 9.55 Å². The summed E-state index contributed by atoms with van der Waals surface area (Å²) in [7, 11) is 0. The zero-order valence-electron chi connectivity index (χ0n) is 21.0. The minimum atomic E-state index is 0.394. The number of nitrogens with zero attached hydrogens (tertiary/aromatic N) is 3. The SMILES string of the molecule is C=C(Cl)/C(=C\C=C(/C)Cl)c1nc(CS/C(=N\N)C2CCC2)c(CCC)n1-c1ccc(Cl)cc1.CC. The van der Waals surface area contributed by atoms with E-state index >= 15 is 0 Å². The average molecular weight is 554 g/mol. The summed E-state index contributed by atoms with van der Waals surface area (Å²) in [5, 5.41) is 6.79. The van der Waals surface area contributed by atoms with Gasteiger partial charge in [-0.05, 0) is 62.6 Å². The summed E-state index contributed by atoms with van der Waals surface area (Å²) in [6, 6.07) is 7.73. The maximum absolute atomic E-state index is 6.45. The van der Waals surface area contributed by atoms with Gasteiger partial charge in [0.1, 0.15) is 5.82 Å². The fraction of sp³-hybridized carbons (Fsp3) is 0.407. The van der Waals surface area contributed by atoms with Crippen LogP contribution in [0, 0.1) is 5.92 Å². The lowest BCUT2D eigenvalue weighted by molar-refractivity contribution is 0.417. The van der Waals surface area contributed by atoms with Gasteiger partial charge in [0.2, 0.25) is 0 Å². The molecule has 0 atom stereocenters. The Balaban J connectivity index is 0.00000210. The van der Waals surface area contributed by atoms with Gasteiger partial charge in [-0.2, -0.15) is 5.10 Å². The maximum Gasteiger partial charge on any atom is 0.146 e. The summed E-state index contributed by atoms with van der Waals surface area (Å²) in [6.07, 6.45) is 9.03. The number of aromatic nitrogens is 2. The van der Waals surface area contributed by atoms with E-state index in [2.05, 4.69) is 23.2 Å². The van der Waals surface area contributed by atoms with Crippen molar-refractivity contribution in [1.29, 1.82) is 0 Å². The molecule has 4 nitrogen and oxygen atoms in total. The van der Waals surface area contributed by atoms with Crippen molar-refractivity contribution < 1.29 is 0 Å². The highest BCUT2D eigenvalue weighted by atomic mass is 35.5. The number of hydrogen-bond donors (Lipinski definition) is 1. The largest absolute Gasteiger partial charge is 0.323 e. The van der Waals surface area contributed by atoms with Crippen LogP contribution in [0.5, 0.6) is 0 Å². The van der Waals surface area contributed by atoms with Gasteiger partial charge in [0.15, 0.2) is 0 Å². The number of allylic oxidation sites excluding steroid dienone is 5. The van der Waals surface area contributed by atoms with E-state index in [0.29, 0.717) is 32.3 Å². The van der Waals surface area contributed by atoms with Crippen LogP contribution in [0.2, 0.25) is 5.02 Å². The van der Waals surface area contributed by atoms with Crippen molar-refractivity contribution >= 4 is 57.2 Å². The Morgan fingerprint density at radius 3 is 2.37 bits per heavy atom. The van der Waals surface area contributed by atoms with Gasteiger partial charge < -0.3 is 5.84 Å². The molecular weight excluding hydrogens is 519 g/mol. The summed E-state index contributed by atoms with van der Waals surface area (Å²) in [6.45, 7) is 12.0. The van der Waals surface area contributed by atoms with E-state index in [-0.39, 0.29) is 0 Å². The van der Waals surface area contributed by atoms with Gasteiger partial charge in [0, 0.05) is 43.7 Å². The van der Waals surface area contributed by atoms with Crippen LogP contribution in [0.15, 0.2) is 58.2 Å². The van der Waals surface area contributed by atoms with Crippen LogP contribution in [0.25, 0.3) is 11.3 Å². The van der Waals surface area contributed by atoms with E-state index in [1.54, 1.807) is 17.8 Å². The van der Waals surface area contributed by atoms with Crippen molar-refractivity contribution in [3.05, 3.63) is 75.3 Å². The summed E-state index contributed by atoms with van der Waals surface area (Å²) >= 11 is 20.4. The van der Waals surface area contributed by atoms with Crippen molar-refractivity contribution in [2.75, 3.05) is 0 Å². The van der Waals surface area contributed by atoms with Gasteiger partial charge in [-0.3, -0.25) is 4.57 Å².